The minimum Gasteiger partial charge on any atom is -0.379 e. The van der Waals surface area contributed by atoms with Crippen molar-refractivity contribution in [2.45, 2.75) is 6.92 Å². The summed E-state index contributed by atoms with van der Waals surface area (Å²) in [7, 11) is 0. The molecule has 7 nitrogen and oxygen atoms in total. The summed E-state index contributed by atoms with van der Waals surface area (Å²) in [4.78, 5) is 31.0. The molecule has 2 aromatic heterocycles. The second-order valence-corrected chi connectivity index (χ2v) is 5.62. The lowest BCUT2D eigenvalue weighted by Crippen LogP contribution is -2.42. The quantitative estimate of drug-likeness (QED) is 0.863. The lowest BCUT2D eigenvalue weighted by molar-refractivity contribution is 0.0383. The van der Waals surface area contributed by atoms with Crippen LogP contribution in [-0.2, 0) is 4.74 Å². The SMILES string of the molecule is Cc1ccn2c(=O)c(C(=O)NCCN3CCOCC3)cnc2c1. The third-order valence-electron chi connectivity index (χ3n) is 3.93. The zero-order valence-corrected chi connectivity index (χ0v) is 13.1. The Kier molecular flexibility index (Phi) is 4.68. The summed E-state index contributed by atoms with van der Waals surface area (Å²) in [6.45, 7) is 6.36. The highest BCUT2D eigenvalue weighted by molar-refractivity contribution is 5.93. The van der Waals surface area contributed by atoms with Gasteiger partial charge in [0, 0.05) is 38.6 Å². The van der Waals surface area contributed by atoms with Crippen LogP contribution in [-0.4, -0.2) is 59.6 Å². The standard InChI is InChI=1S/C16H20N4O3/c1-12-2-4-20-14(10-12)18-11-13(16(20)22)15(21)17-3-5-19-6-8-23-9-7-19/h2,4,10-11H,3,5-9H2,1H3,(H,17,21). The number of carbonyl (C=O) groups is 1. The molecular formula is C16H20N4O3. The van der Waals surface area contributed by atoms with Gasteiger partial charge in [0.15, 0.2) is 0 Å². The topological polar surface area (TPSA) is 75.9 Å². The second kappa shape index (κ2) is 6.89. The van der Waals surface area contributed by atoms with E-state index in [-0.39, 0.29) is 17.0 Å². The van der Waals surface area contributed by atoms with Crippen molar-refractivity contribution in [2.24, 2.45) is 0 Å². The number of hydrogen-bond acceptors (Lipinski definition) is 5. The Balaban J connectivity index is 1.67. The largest absolute Gasteiger partial charge is 0.379 e. The molecule has 0 radical (unpaired) electrons. The molecule has 0 spiro atoms. The van der Waals surface area contributed by atoms with Gasteiger partial charge in [-0.25, -0.2) is 4.98 Å². The van der Waals surface area contributed by atoms with Gasteiger partial charge in [0.05, 0.1) is 13.2 Å². The van der Waals surface area contributed by atoms with E-state index in [1.165, 1.54) is 10.6 Å². The average molecular weight is 316 g/mol. The van der Waals surface area contributed by atoms with Crippen LogP contribution in [0.1, 0.15) is 15.9 Å². The summed E-state index contributed by atoms with van der Waals surface area (Å²) >= 11 is 0. The van der Waals surface area contributed by atoms with Crippen LogP contribution < -0.4 is 10.9 Å². The second-order valence-electron chi connectivity index (χ2n) is 5.62. The van der Waals surface area contributed by atoms with Gasteiger partial charge < -0.3 is 10.1 Å². The molecule has 122 valence electrons. The molecule has 0 atom stereocenters. The number of morpholine rings is 1. The number of ether oxygens (including phenoxy) is 1. The highest BCUT2D eigenvalue weighted by Crippen LogP contribution is 2.02. The van der Waals surface area contributed by atoms with Crippen molar-refractivity contribution in [3.05, 3.63) is 46.0 Å². The van der Waals surface area contributed by atoms with Crippen LogP contribution in [0.5, 0.6) is 0 Å². The summed E-state index contributed by atoms with van der Waals surface area (Å²) in [5.41, 5.74) is 1.27. The smallest absolute Gasteiger partial charge is 0.270 e. The third kappa shape index (κ3) is 3.57. The predicted octanol–water partition coefficient (Wildman–Crippen LogP) is 0.0649. The maximum atomic E-state index is 12.4. The van der Waals surface area contributed by atoms with Crippen LogP contribution in [0.15, 0.2) is 29.3 Å². The Morgan fingerprint density at radius 1 is 1.39 bits per heavy atom. The fourth-order valence-corrected chi connectivity index (χ4v) is 2.58. The van der Waals surface area contributed by atoms with Gasteiger partial charge in [0.1, 0.15) is 11.2 Å². The number of carbonyl (C=O) groups excluding carboxylic acids is 1. The molecule has 7 heteroatoms. The van der Waals surface area contributed by atoms with Gasteiger partial charge in [-0.1, -0.05) is 0 Å². The Morgan fingerprint density at radius 3 is 2.96 bits per heavy atom. The molecule has 1 fully saturated rings. The number of hydrogen-bond donors (Lipinski definition) is 1. The maximum absolute atomic E-state index is 12.4. The van der Waals surface area contributed by atoms with Crippen LogP contribution in [0.4, 0.5) is 0 Å². The molecule has 23 heavy (non-hydrogen) atoms. The number of rotatable bonds is 4. The van der Waals surface area contributed by atoms with Crippen LogP contribution in [0.2, 0.25) is 0 Å². The summed E-state index contributed by atoms with van der Waals surface area (Å²) in [5, 5.41) is 2.79. The van der Waals surface area contributed by atoms with E-state index in [4.69, 9.17) is 4.74 Å². The highest BCUT2D eigenvalue weighted by atomic mass is 16.5. The lowest BCUT2D eigenvalue weighted by Gasteiger charge is -2.26. The van der Waals surface area contributed by atoms with E-state index in [9.17, 15) is 9.59 Å². The van der Waals surface area contributed by atoms with Crippen molar-refractivity contribution in [3.8, 4) is 0 Å². The molecule has 3 rings (SSSR count). The van der Waals surface area contributed by atoms with Crippen LogP contribution in [0, 0.1) is 6.92 Å². The Labute approximate surface area is 133 Å². The molecule has 3 heterocycles. The van der Waals surface area contributed by atoms with Crippen molar-refractivity contribution in [1.29, 1.82) is 0 Å². The molecule has 0 saturated carbocycles. The Morgan fingerprint density at radius 2 is 2.17 bits per heavy atom. The van der Waals surface area contributed by atoms with E-state index in [1.807, 2.05) is 19.1 Å². The van der Waals surface area contributed by atoms with Gasteiger partial charge >= 0.3 is 0 Å². The summed E-state index contributed by atoms with van der Waals surface area (Å²) in [6.07, 6.45) is 2.99. The minimum atomic E-state index is -0.384. The number of nitrogens with one attached hydrogen (secondary N) is 1. The zero-order chi connectivity index (χ0) is 16.2. The fourth-order valence-electron chi connectivity index (χ4n) is 2.58. The zero-order valence-electron chi connectivity index (χ0n) is 13.1. The maximum Gasteiger partial charge on any atom is 0.270 e. The highest BCUT2D eigenvalue weighted by Gasteiger charge is 2.14. The molecule has 1 saturated heterocycles. The predicted molar refractivity (Wildman–Crippen MR) is 85.8 cm³/mol. The number of amides is 1. The molecule has 0 bridgehead atoms. The average Bonchev–Trinajstić information content (AvgIpc) is 2.56. The molecule has 1 N–H and O–H groups in total. The summed E-state index contributed by atoms with van der Waals surface area (Å²) in [5.74, 6) is -0.384. The summed E-state index contributed by atoms with van der Waals surface area (Å²) < 4.78 is 6.67. The minimum absolute atomic E-state index is 0.0633. The van der Waals surface area contributed by atoms with E-state index in [2.05, 4.69) is 15.2 Å². The third-order valence-corrected chi connectivity index (χ3v) is 3.93. The van der Waals surface area contributed by atoms with Crippen LogP contribution in [0.25, 0.3) is 5.65 Å². The van der Waals surface area contributed by atoms with Gasteiger partial charge in [-0.05, 0) is 24.6 Å². The molecular weight excluding hydrogens is 296 g/mol. The van der Waals surface area contributed by atoms with E-state index in [0.29, 0.717) is 12.2 Å². The molecule has 1 amide bonds. The first kappa shape index (κ1) is 15.6. The van der Waals surface area contributed by atoms with Gasteiger partial charge in [-0.3, -0.25) is 18.9 Å². The van der Waals surface area contributed by atoms with Crippen molar-refractivity contribution in [2.75, 3.05) is 39.4 Å². The lowest BCUT2D eigenvalue weighted by atomic mass is 10.2. The van der Waals surface area contributed by atoms with Crippen molar-refractivity contribution in [1.82, 2.24) is 19.6 Å². The van der Waals surface area contributed by atoms with E-state index in [0.717, 1.165) is 38.4 Å². The molecule has 0 aliphatic carbocycles. The first-order valence-electron chi connectivity index (χ1n) is 7.71. The number of fused-ring (bicyclic) bond motifs is 1. The number of nitrogens with zero attached hydrogens (tertiary/aromatic N) is 3. The molecule has 0 aromatic carbocycles. The normalized spacial score (nSPS) is 15.7. The van der Waals surface area contributed by atoms with Crippen molar-refractivity contribution < 1.29 is 9.53 Å². The molecule has 2 aromatic rings. The fraction of sp³-hybridized carbons (Fsp3) is 0.438. The first-order chi connectivity index (χ1) is 11.1. The van der Waals surface area contributed by atoms with Crippen molar-refractivity contribution in [3.63, 3.8) is 0 Å². The molecule has 0 unspecified atom stereocenters. The van der Waals surface area contributed by atoms with Gasteiger partial charge in [0.2, 0.25) is 0 Å². The Hall–Kier alpha value is -2.25. The number of aryl methyl sites for hydroxylation is 1. The first-order valence-corrected chi connectivity index (χ1v) is 7.71. The van der Waals surface area contributed by atoms with Crippen LogP contribution in [0.3, 0.4) is 0 Å². The van der Waals surface area contributed by atoms with E-state index >= 15 is 0 Å². The monoisotopic (exact) mass is 316 g/mol. The van der Waals surface area contributed by atoms with E-state index in [1.54, 1.807) is 6.20 Å². The molecule has 1 aliphatic heterocycles. The number of pyridine rings is 1. The summed E-state index contributed by atoms with van der Waals surface area (Å²) in [6, 6.07) is 3.62. The van der Waals surface area contributed by atoms with E-state index < -0.39 is 0 Å². The van der Waals surface area contributed by atoms with Crippen molar-refractivity contribution >= 4 is 11.6 Å². The van der Waals surface area contributed by atoms with Crippen LogP contribution >= 0.6 is 0 Å². The number of aromatic nitrogens is 2. The van der Waals surface area contributed by atoms with Gasteiger partial charge in [-0.15, -0.1) is 0 Å². The molecule has 1 aliphatic rings. The van der Waals surface area contributed by atoms with Gasteiger partial charge in [-0.2, -0.15) is 0 Å². The Bertz CT molecular complexity index is 765. The van der Waals surface area contributed by atoms with Gasteiger partial charge in [0.25, 0.3) is 11.5 Å².